The summed E-state index contributed by atoms with van der Waals surface area (Å²) >= 11 is 0. The van der Waals surface area contributed by atoms with Gasteiger partial charge < -0.3 is 10.5 Å². The molecule has 0 aliphatic heterocycles. The van der Waals surface area contributed by atoms with E-state index in [4.69, 9.17) is 10.5 Å². The smallest absolute Gasteiger partial charge is 0.323 e. The van der Waals surface area contributed by atoms with Gasteiger partial charge in [-0.2, -0.15) is 0 Å². The number of halogens is 1. The Morgan fingerprint density at radius 1 is 1.18 bits per heavy atom. The van der Waals surface area contributed by atoms with Crippen LogP contribution in [-0.4, -0.2) is 18.6 Å². The van der Waals surface area contributed by atoms with Crippen LogP contribution in [0.2, 0.25) is 0 Å². The van der Waals surface area contributed by atoms with E-state index in [9.17, 15) is 4.79 Å². The van der Waals surface area contributed by atoms with E-state index in [1.54, 1.807) is 6.92 Å². The SMILES string of the molecule is CCOC(=O)C(N)Cc1ccc2c(c1)Cc1ccccc1-2.Cl. The molecular formula is C18H20ClNO2. The van der Waals surface area contributed by atoms with Crippen molar-refractivity contribution >= 4 is 18.4 Å². The number of ether oxygens (including phenoxy) is 1. The maximum atomic E-state index is 11.6. The Balaban J connectivity index is 0.00000176. The van der Waals surface area contributed by atoms with E-state index in [-0.39, 0.29) is 18.4 Å². The molecule has 1 atom stereocenters. The second-order valence-corrected chi connectivity index (χ2v) is 5.39. The van der Waals surface area contributed by atoms with Gasteiger partial charge in [0.25, 0.3) is 0 Å². The van der Waals surface area contributed by atoms with Gasteiger partial charge in [0, 0.05) is 0 Å². The summed E-state index contributed by atoms with van der Waals surface area (Å²) in [6.45, 7) is 2.16. The number of hydrogen-bond donors (Lipinski definition) is 1. The second-order valence-electron chi connectivity index (χ2n) is 5.39. The van der Waals surface area contributed by atoms with E-state index in [1.807, 2.05) is 0 Å². The summed E-state index contributed by atoms with van der Waals surface area (Å²) in [4.78, 5) is 11.6. The highest BCUT2D eigenvalue weighted by Crippen LogP contribution is 2.36. The van der Waals surface area contributed by atoms with Crippen LogP contribution in [0.5, 0.6) is 0 Å². The van der Waals surface area contributed by atoms with Crippen molar-refractivity contribution in [2.75, 3.05) is 6.61 Å². The average molecular weight is 318 g/mol. The van der Waals surface area contributed by atoms with Crippen LogP contribution in [0.3, 0.4) is 0 Å². The zero-order valence-corrected chi connectivity index (χ0v) is 13.4. The van der Waals surface area contributed by atoms with Gasteiger partial charge >= 0.3 is 5.97 Å². The maximum Gasteiger partial charge on any atom is 0.323 e. The average Bonchev–Trinajstić information content (AvgIpc) is 2.85. The number of fused-ring (bicyclic) bond motifs is 3. The summed E-state index contributed by atoms with van der Waals surface area (Å²) in [5, 5.41) is 0. The van der Waals surface area contributed by atoms with Crippen LogP contribution in [0, 0.1) is 0 Å². The first-order valence-electron chi connectivity index (χ1n) is 7.31. The first-order chi connectivity index (χ1) is 10.2. The van der Waals surface area contributed by atoms with E-state index < -0.39 is 6.04 Å². The van der Waals surface area contributed by atoms with E-state index >= 15 is 0 Å². The fourth-order valence-electron chi connectivity index (χ4n) is 2.91. The van der Waals surface area contributed by atoms with Gasteiger partial charge in [0.1, 0.15) is 6.04 Å². The van der Waals surface area contributed by atoms with E-state index in [1.165, 1.54) is 22.3 Å². The van der Waals surface area contributed by atoms with Crippen LogP contribution in [0.1, 0.15) is 23.6 Å². The minimum absolute atomic E-state index is 0. The molecule has 3 rings (SSSR count). The van der Waals surface area contributed by atoms with Crippen LogP contribution in [0.15, 0.2) is 42.5 Å². The van der Waals surface area contributed by atoms with Gasteiger partial charge in [-0.3, -0.25) is 4.79 Å². The third-order valence-corrected chi connectivity index (χ3v) is 3.90. The molecule has 0 aromatic heterocycles. The fraction of sp³-hybridized carbons (Fsp3) is 0.278. The van der Waals surface area contributed by atoms with Gasteiger partial charge in [-0.1, -0.05) is 42.5 Å². The molecule has 4 heteroatoms. The van der Waals surface area contributed by atoms with Crippen molar-refractivity contribution in [2.45, 2.75) is 25.8 Å². The molecule has 0 amide bonds. The minimum Gasteiger partial charge on any atom is -0.465 e. The summed E-state index contributed by atoms with van der Waals surface area (Å²) in [5.41, 5.74) is 12.3. The summed E-state index contributed by atoms with van der Waals surface area (Å²) in [5.74, 6) is -0.332. The summed E-state index contributed by atoms with van der Waals surface area (Å²) in [6.07, 6.45) is 1.47. The Morgan fingerprint density at radius 3 is 2.68 bits per heavy atom. The van der Waals surface area contributed by atoms with Gasteiger partial charge in [0.05, 0.1) is 6.61 Å². The van der Waals surface area contributed by atoms with Gasteiger partial charge in [0.2, 0.25) is 0 Å². The van der Waals surface area contributed by atoms with Gasteiger partial charge in [-0.25, -0.2) is 0 Å². The third-order valence-electron chi connectivity index (χ3n) is 3.90. The molecule has 0 spiro atoms. The van der Waals surface area contributed by atoms with Crippen molar-refractivity contribution in [3.8, 4) is 11.1 Å². The number of rotatable bonds is 4. The maximum absolute atomic E-state index is 11.6. The summed E-state index contributed by atoms with van der Waals surface area (Å²) < 4.78 is 4.96. The molecule has 0 radical (unpaired) electrons. The van der Waals surface area contributed by atoms with Crippen molar-refractivity contribution in [1.82, 2.24) is 0 Å². The zero-order valence-electron chi connectivity index (χ0n) is 12.5. The van der Waals surface area contributed by atoms with Crippen molar-refractivity contribution in [2.24, 2.45) is 5.73 Å². The topological polar surface area (TPSA) is 52.3 Å². The molecule has 0 saturated carbocycles. The lowest BCUT2D eigenvalue weighted by molar-refractivity contribution is -0.144. The van der Waals surface area contributed by atoms with Crippen molar-refractivity contribution < 1.29 is 9.53 Å². The predicted octanol–water partition coefficient (Wildman–Crippen LogP) is 3.11. The van der Waals surface area contributed by atoms with Crippen LogP contribution in [0.4, 0.5) is 0 Å². The van der Waals surface area contributed by atoms with Crippen LogP contribution in [0.25, 0.3) is 11.1 Å². The van der Waals surface area contributed by atoms with Crippen LogP contribution in [-0.2, 0) is 22.4 Å². The highest BCUT2D eigenvalue weighted by molar-refractivity contribution is 5.85. The Hall–Kier alpha value is -1.84. The molecule has 1 aliphatic carbocycles. The highest BCUT2D eigenvalue weighted by atomic mass is 35.5. The Labute approximate surface area is 136 Å². The van der Waals surface area contributed by atoms with E-state index in [0.29, 0.717) is 13.0 Å². The lowest BCUT2D eigenvalue weighted by Gasteiger charge is -2.11. The number of carbonyl (C=O) groups is 1. The van der Waals surface area contributed by atoms with E-state index in [0.717, 1.165) is 12.0 Å². The summed E-state index contributed by atoms with van der Waals surface area (Å²) in [6, 6.07) is 14.2. The first kappa shape index (κ1) is 16.5. The third kappa shape index (κ3) is 3.16. The predicted molar refractivity (Wildman–Crippen MR) is 90.2 cm³/mol. The molecule has 1 unspecified atom stereocenters. The zero-order chi connectivity index (χ0) is 14.8. The molecule has 116 valence electrons. The number of benzene rings is 2. The van der Waals surface area contributed by atoms with Crippen molar-refractivity contribution in [1.29, 1.82) is 0 Å². The first-order valence-corrected chi connectivity index (χ1v) is 7.31. The number of esters is 1. The van der Waals surface area contributed by atoms with Gasteiger partial charge in [0.15, 0.2) is 0 Å². The van der Waals surface area contributed by atoms with Crippen LogP contribution < -0.4 is 5.73 Å². The van der Waals surface area contributed by atoms with Gasteiger partial charge in [-0.05, 0) is 47.6 Å². The molecular weight excluding hydrogens is 298 g/mol. The molecule has 2 aromatic carbocycles. The molecule has 1 aliphatic rings. The highest BCUT2D eigenvalue weighted by Gasteiger charge is 2.20. The largest absolute Gasteiger partial charge is 0.465 e. The van der Waals surface area contributed by atoms with Crippen molar-refractivity contribution in [3.05, 3.63) is 59.2 Å². The standard InChI is InChI=1S/C18H19NO2.ClH/c1-2-21-18(20)17(19)10-12-7-8-16-14(9-12)11-13-5-3-4-6-15(13)16;/h3-9,17H,2,10-11,19H2,1H3;1H. The monoisotopic (exact) mass is 317 g/mol. The summed E-state index contributed by atoms with van der Waals surface area (Å²) in [7, 11) is 0. The van der Waals surface area contributed by atoms with E-state index in [2.05, 4.69) is 42.5 Å². The molecule has 2 aromatic rings. The van der Waals surface area contributed by atoms with Crippen LogP contribution >= 0.6 is 12.4 Å². The number of nitrogens with two attached hydrogens (primary N) is 1. The minimum atomic E-state index is -0.591. The Morgan fingerprint density at radius 2 is 1.91 bits per heavy atom. The molecule has 3 nitrogen and oxygen atoms in total. The Kier molecular flexibility index (Phi) is 5.22. The quantitative estimate of drug-likeness (QED) is 0.752. The number of carbonyl (C=O) groups excluding carboxylic acids is 1. The number of hydrogen-bond acceptors (Lipinski definition) is 3. The van der Waals surface area contributed by atoms with Gasteiger partial charge in [-0.15, -0.1) is 12.4 Å². The molecule has 2 N–H and O–H groups in total. The molecule has 0 bridgehead atoms. The lowest BCUT2D eigenvalue weighted by Crippen LogP contribution is -2.34. The fourth-order valence-corrected chi connectivity index (χ4v) is 2.91. The normalized spacial score (nSPS) is 12.8. The Bertz CT molecular complexity index is 685. The molecule has 0 heterocycles. The molecule has 0 fully saturated rings. The molecule has 0 saturated heterocycles. The molecule has 22 heavy (non-hydrogen) atoms. The van der Waals surface area contributed by atoms with Crippen molar-refractivity contribution in [3.63, 3.8) is 0 Å². The second kappa shape index (κ2) is 6.95. The lowest BCUT2D eigenvalue weighted by atomic mass is 10.00.